The van der Waals surface area contributed by atoms with Gasteiger partial charge in [0, 0.05) is 16.8 Å². The summed E-state index contributed by atoms with van der Waals surface area (Å²) in [6, 6.07) is 4.35. The molecular formula is C19H19F3N2O3S. The molecule has 0 aliphatic carbocycles. The van der Waals surface area contributed by atoms with Gasteiger partial charge < -0.3 is 0 Å². The highest BCUT2D eigenvalue weighted by Crippen LogP contribution is 2.32. The van der Waals surface area contributed by atoms with E-state index in [1.54, 1.807) is 18.5 Å². The van der Waals surface area contributed by atoms with Gasteiger partial charge in [-0.05, 0) is 38.5 Å². The molecule has 1 aliphatic rings. The molecule has 2 aromatic rings. The lowest BCUT2D eigenvalue weighted by Gasteiger charge is -2.11. The van der Waals surface area contributed by atoms with E-state index >= 15 is 0 Å². The van der Waals surface area contributed by atoms with Crippen molar-refractivity contribution in [3.05, 3.63) is 58.4 Å². The van der Waals surface area contributed by atoms with Crippen LogP contribution in [0.4, 0.5) is 13.2 Å². The summed E-state index contributed by atoms with van der Waals surface area (Å²) < 4.78 is 64.4. The molecule has 3 rings (SSSR count). The Morgan fingerprint density at radius 2 is 1.93 bits per heavy atom. The molecule has 1 aliphatic heterocycles. The van der Waals surface area contributed by atoms with Gasteiger partial charge in [-0.15, -0.1) is 0 Å². The molecule has 1 aromatic heterocycles. The minimum absolute atomic E-state index is 0.00992. The zero-order chi connectivity index (χ0) is 20.7. The molecule has 28 heavy (non-hydrogen) atoms. The average Bonchev–Trinajstić information content (AvgIpc) is 3.11. The van der Waals surface area contributed by atoms with Crippen LogP contribution < -0.4 is 0 Å². The summed E-state index contributed by atoms with van der Waals surface area (Å²) in [4.78, 5) is 12.4. The van der Waals surface area contributed by atoms with E-state index in [1.807, 2.05) is 0 Å². The number of benzene rings is 1. The van der Waals surface area contributed by atoms with Crippen LogP contribution in [0.2, 0.25) is 0 Å². The number of sulfone groups is 1. The van der Waals surface area contributed by atoms with E-state index in [0.29, 0.717) is 23.4 Å². The number of allylic oxidation sites excluding steroid dienone is 1. The summed E-state index contributed by atoms with van der Waals surface area (Å²) in [5, 5.41) is 4.37. The van der Waals surface area contributed by atoms with Crippen molar-refractivity contribution >= 4 is 21.7 Å². The molecule has 1 atom stereocenters. The first-order chi connectivity index (χ1) is 13.0. The summed E-state index contributed by atoms with van der Waals surface area (Å²) >= 11 is 0. The molecule has 150 valence electrons. The van der Waals surface area contributed by atoms with E-state index < -0.39 is 32.9 Å². The molecule has 9 heteroatoms. The quantitative estimate of drug-likeness (QED) is 0.566. The molecule has 2 heterocycles. The van der Waals surface area contributed by atoms with E-state index in [0.717, 1.165) is 18.2 Å². The maximum Gasteiger partial charge on any atom is 0.417 e. The van der Waals surface area contributed by atoms with Crippen LogP contribution in [-0.2, 0) is 16.0 Å². The van der Waals surface area contributed by atoms with Gasteiger partial charge in [-0.2, -0.15) is 18.3 Å². The number of aromatic nitrogens is 2. The lowest BCUT2D eigenvalue weighted by atomic mass is 10.0. The second-order valence-corrected chi connectivity index (χ2v) is 9.06. The van der Waals surface area contributed by atoms with Crippen molar-refractivity contribution in [3.8, 4) is 0 Å². The topological polar surface area (TPSA) is 69.0 Å². The van der Waals surface area contributed by atoms with Gasteiger partial charge in [-0.25, -0.2) is 8.42 Å². The largest absolute Gasteiger partial charge is 0.417 e. The molecule has 1 saturated heterocycles. The molecule has 0 unspecified atom stereocenters. The monoisotopic (exact) mass is 412 g/mol. The van der Waals surface area contributed by atoms with Crippen molar-refractivity contribution in [1.82, 2.24) is 9.78 Å². The number of hydrogen-bond acceptors (Lipinski definition) is 4. The first-order valence-electron chi connectivity index (χ1n) is 8.64. The predicted molar refractivity (Wildman–Crippen MR) is 98.8 cm³/mol. The molecule has 0 saturated carbocycles. The van der Waals surface area contributed by atoms with Crippen molar-refractivity contribution in [2.24, 2.45) is 0 Å². The smallest absolute Gasteiger partial charge is 0.289 e. The summed E-state index contributed by atoms with van der Waals surface area (Å²) in [6.45, 7) is 3.46. The van der Waals surface area contributed by atoms with Crippen molar-refractivity contribution < 1.29 is 26.4 Å². The van der Waals surface area contributed by atoms with Crippen LogP contribution in [0.15, 0.2) is 30.3 Å². The van der Waals surface area contributed by atoms with Crippen molar-refractivity contribution in [2.75, 3.05) is 11.5 Å². The van der Waals surface area contributed by atoms with Gasteiger partial charge in [0.1, 0.15) is 0 Å². The van der Waals surface area contributed by atoms with Crippen molar-refractivity contribution in [2.45, 2.75) is 32.5 Å². The highest BCUT2D eigenvalue weighted by molar-refractivity contribution is 7.91. The van der Waals surface area contributed by atoms with Crippen LogP contribution in [-0.4, -0.2) is 35.5 Å². The van der Waals surface area contributed by atoms with Gasteiger partial charge in [-0.3, -0.25) is 9.48 Å². The third-order valence-corrected chi connectivity index (χ3v) is 6.58. The number of alkyl halides is 3. The van der Waals surface area contributed by atoms with E-state index in [1.165, 1.54) is 18.2 Å². The van der Waals surface area contributed by atoms with Crippen molar-refractivity contribution in [1.29, 1.82) is 0 Å². The first kappa shape index (κ1) is 20.3. The third kappa shape index (κ3) is 4.04. The Morgan fingerprint density at radius 3 is 2.54 bits per heavy atom. The van der Waals surface area contributed by atoms with Gasteiger partial charge in [0.05, 0.1) is 28.8 Å². The fraction of sp³-hybridized carbons (Fsp3) is 0.368. The van der Waals surface area contributed by atoms with Crippen LogP contribution in [0.25, 0.3) is 6.08 Å². The normalized spacial score (nSPS) is 19.4. The standard InChI is InChI=1S/C19H19F3N2O3S/c1-12-15(13(2)24(23-12)14-9-10-28(26,27)11-14)7-8-18(25)16-5-3-4-6-17(16)19(20,21)22/h3-8,14H,9-11H2,1-2H3/b8-7+/t14-/m1/s1. The number of nitrogens with zero attached hydrogens (tertiary/aromatic N) is 2. The Hall–Kier alpha value is -2.42. The first-order valence-corrected chi connectivity index (χ1v) is 10.5. The number of carbonyl (C=O) groups excluding carboxylic acids is 1. The average molecular weight is 412 g/mol. The minimum Gasteiger partial charge on any atom is -0.289 e. The van der Waals surface area contributed by atoms with Crippen molar-refractivity contribution in [3.63, 3.8) is 0 Å². The van der Waals surface area contributed by atoms with Gasteiger partial charge >= 0.3 is 6.18 Å². The summed E-state index contributed by atoms with van der Waals surface area (Å²) in [6.07, 6.45) is -1.62. The molecule has 0 spiro atoms. The second-order valence-electron chi connectivity index (χ2n) is 6.83. The number of halogens is 3. The highest BCUT2D eigenvalue weighted by atomic mass is 32.2. The van der Waals surface area contributed by atoms with Gasteiger partial charge in [0.15, 0.2) is 15.6 Å². The zero-order valence-corrected chi connectivity index (χ0v) is 16.1. The Balaban J connectivity index is 1.89. The van der Waals surface area contributed by atoms with E-state index in [9.17, 15) is 26.4 Å². The number of hydrogen-bond donors (Lipinski definition) is 0. The Kier molecular flexibility index (Phi) is 5.22. The van der Waals surface area contributed by atoms with Crippen LogP contribution in [0.5, 0.6) is 0 Å². The fourth-order valence-corrected chi connectivity index (χ4v) is 5.13. The van der Waals surface area contributed by atoms with Crippen LogP contribution in [0.1, 0.15) is 45.3 Å². The van der Waals surface area contributed by atoms with Crippen LogP contribution >= 0.6 is 0 Å². The maximum atomic E-state index is 13.1. The van der Waals surface area contributed by atoms with Gasteiger partial charge in [0.2, 0.25) is 0 Å². The lowest BCUT2D eigenvalue weighted by Crippen LogP contribution is -2.14. The number of ketones is 1. The van der Waals surface area contributed by atoms with E-state index in [2.05, 4.69) is 5.10 Å². The van der Waals surface area contributed by atoms with Crippen LogP contribution in [0, 0.1) is 13.8 Å². The molecule has 0 bridgehead atoms. The molecular weight excluding hydrogens is 393 g/mol. The van der Waals surface area contributed by atoms with Gasteiger partial charge in [0.25, 0.3) is 0 Å². The number of rotatable bonds is 4. The molecule has 0 N–H and O–H groups in total. The Labute approximate surface area is 160 Å². The molecule has 1 fully saturated rings. The Morgan fingerprint density at radius 1 is 1.25 bits per heavy atom. The summed E-state index contributed by atoms with van der Waals surface area (Å²) in [5.41, 5.74) is 0.450. The summed E-state index contributed by atoms with van der Waals surface area (Å²) in [5.74, 6) is -0.646. The fourth-order valence-electron chi connectivity index (χ4n) is 3.43. The zero-order valence-electron chi connectivity index (χ0n) is 15.3. The Bertz CT molecular complexity index is 1050. The molecule has 0 radical (unpaired) electrons. The highest BCUT2D eigenvalue weighted by Gasteiger charge is 2.34. The van der Waals surface area contributed by atoms with E-state index in [-0.39, 0.29) is 17.5 Å². The third-order valence-electron chi connectivity index (χ3n) is 4.83. The minimum atomic E-state index is -4.62. The predicted octanol–water partition coefficient (Wildman–Crippen LogP) is 3.77. The number of aryl methyl sites for hydroxylation is 1. The van der Waals surface area contributed by atoms with Gasteiger partial charge in [-0.1, -0.05) is 18.2 Å². The van der Waals surface area contributed by atoms with E-state index in [4.69, 9.17) is 0 Å². The second kappa shape index (κ2) is 7.20. The summed E-state index contributed by atoms with van der Waals surface area (Å²) in [7, 11) is -3.08. The number of carbonyl (C=O) groups is 1. The molecule has 1 aromatic carbocycles. The molecule has 0 amide bonds. The SMILES string of the molecule is Cc1nn([C@@H]2CCS(=O)(=O)C2)c(C)c1/C=C/C(=O)c1ccccc1C(F)(F)F. The lowest BCUT2D eigenvalue weighted by molar-refractivity contribution is -0.137. The molecule has 5 nitrogen and oxygen atoms in total. The van der Waals surface area contributed by atoms with Crippen LogP contribution in [0.3, 0.4) is 0 Å². The maximum absolute atomic E-state index is 13.1.